The Kier molecular flexibility index (Phi) is 4.75. The van der Waals surface area contributed by atoms with Crippen LogP contribution < -0.4 is 15.0 Å². The van der Waals surface area contributed by atoms with Gasteiger partial charge in [0.1, 0.15) is 11.9 Å². The number of hydrogen-bond donors (Lipinski definition) is 1. The maximum atomic E-state index is 5.86. The molecule has 0 saturated heterocycles. The Morgan fingerprint density at radius 3 is 2.74 bits per heavy atom. The average Bonchev–Trinajstić information content (AvgIpc) is 2.56. The molecule has 0 spiro atoms. The smallest absolute Gasteiger partial charge is 0.142 e. The lowest BCUT2D eigenvalue weighted by atomic mass is 10.0. The molecule has 3 rings (SSSR count). The molecule has 0 fully saturated rings. The van der Waals surface area contributed by atoms with Crippen LogP contribution in [0.2, 0.25) is 0 Å². The third kappa shape index (κ3) is 3.61. The molecular formula is C20H26N2O. The summed E-state index contributed by atoms with van der Waals surface area (Å²) in [4.78, 5) is 2.45. The van der Waals surface area contributed by atoms with Crippen molar-refractivity contribution < 1.29 is 4.74 Å². The molecule has 2 atom stereocenters. The Morgan fingerprint density at radius 1 is 1.22 bits per heavy atom. The van der Waals surface area contributed by atoms with Crippen molar-refractivity contribution in [2.24, 2.45) is 0 Å². The van der Waals surface area contributed by atoms with Gasteiger partial charge in [0.05, 0.1) is 12.2 Å². The van der Waals surface area contributed by atoms with E-state index in [4.69, 9.17) is 4.74 Å². The van der Waals surface area contributed by atoms with E-state index in [1.807, 2.05) is 0 Å². The van der Waals surface area contributed by atoms with Crippen LogP contribution in [0.15, 0.2) is 48.5 Å². The number of likely N-dealkylation sites (N-methyl/N-ethyl adjacent to an activating group) is 1. The summed E-state index contributed by atoms with van der Waals surface area (Å²) in [6.45, 7) is 8.48. The van der Waals surface area contributed by atoms with Crippen molar-refractivity contribution in [3.63, 3.8) is 0 Å². The van der Waals surface area contributed by atoms with Gasteiger partial charge in [-0.3, -0.25) is 0 Å². The Hall–Kier alpha value is -2.16. The zero-order valence-corrected chi connectivity index (χ0v) is 14.3. The number of hydrogen-bond acceptors (Lipinski definition) is 3. The molecule has 0 radical (unpaired) electrons. The minimum absolute atomic E-state index is 0.237. The van der Waals surface area contributed by atoms with E-state index < -0.39 is 0 Å². The molecule has 1 aliphatic heterocycles. The number of fused-ring (bicyclic) bond motifs is 1. The summed E-state index contributed by atoms with van der Waals surface area (Å²) in [5, 5.41) is 3.46. The molecule has 2 unspecified atom stereocenters. The summed E-state index contributed by atoms with van der Waals surface area (Å²) in [7, 11) is 0. The van der Waals surface area contributed by atoms with Crippen LogP contribution in [0.5, 0.6) is 5.75 Å². The van der Waals surface area contributed by atoms with Crippen LogP contribution in [0, 0.1) is 0 Å². The second-order valence-electron chi connectivity index (χ2n) is 6.31. The fourth-order valence-electron chi connectivity index (χ4n) is 3.28. The molecule has 2 aromatic carbocycles. The molecule has 122 valence electrons. The number of rotatable bonds is 5. The van der Waals surface area contributed by atoms with Gasteiger partial charge in [0.2, 0.25) is 0 Å². The second-order valence-corrected chi connectivity index (χ2v) is 6.31. The Balaban J connectivity index is 1.73. The van der Waals surface area contributed by atoms with Crippen molar-refractivity contribution in [2.75, 3.05) is 23.3 Å². The van der Waals surface area contributed by atoms with Crippen molar-refractivity contribution in [3.8, 4) is 5.75 Å². The quantitative estimate of drug-likeness (QED) is 0.889. The Labute approximate surface area is 139 Å². The van der Waals surface area contributed by atoms with E-state index in [1.165, 1.54) is 11.3 Å². The van der Waals surface area contributed by atoms with E-state index in [1.54, 1.807) is 0 Å². The Bertz CT molecular complexity index is 641. The molecule has 0 bridgehead atoms. The maximum Gasteiger partial charge on any atom is 0.142 e. The summed E-state index contributed by atoms with van der Waals surface area (Å²) < 4.78 is 5.86. The van der Waals surface area contributed by atoms with Gasteiger partial charge in [-0.15, -0.1) is 0 Å². The van der Waals surface area contributed by atoms with Gasteiger partial charge in [-0.2, -0.15) is 0 Å². The molecule has 0 aromatic heterocycles. The molecule has 0 saturated carbocycles. The van der Waals surface area contributed by atoms with Crippen LogP contribution in [0.25, 0.3) is 0 Å². The number of nitrogens with one attached hydrogen (secondary N) is 1. The lowest BCUT2D eigenvalue weighted by Gasteiger charge is -2.31. The van der Waals surface area contributed by atoms with Crippen LogP contribution in [-0.4, -0.2) is 25.2 Å². The van der Waals surface area contributed by atoms with Crippen molar-refractivity contribution in [1.82, 2.24) is 0 Å². The summed E-state index contributed by atoms with van der Waals surface area (Å²) in [5.41, 5.74) is 3.75. The zero-order chi connectivity index (χ0) is 16.2. The van der Waals surface area contributed by atoms with Crippen molar-refractivity contribution in [3.05, 3.63) is 54.1 Å². The fourth-order valence-corrected chi connectivity index (χ4v) is 3.28. The van der Waals surface area contributed by atoms with E-state index in [2.05, 4.69) is 79.5 Å². The largest absolute Gasteiger partial charge is 0.487 e. The molecule has 0 aliphatic carbocycles. The van der Waals surface area contributed by atoms with Gasteiger partial charge >= 0.3 is 0 Å². The number of ether oxygens (including phenoxy) is 1. The van der Waals surface area contributed by atoms with Crippen LogP contribution in [-0.2, 0) is 6.42 Å². The first-order chi connectivity index (χ1) is 11.2. The lowest BCUT2D eigenvalue weighted by molar-refractivity contribution is 0.226. The molecule has 23 heavy (non-hydrogen) atoms. The zero-order valence-electron chi connectivity index (χ0n) is 14.3. The van der Waals surface area contributed by atoms with Crippen LogP contribution >= 0.6 is 0 Å². The van der Waals surface area contributed by atoms with Crippen LogP contribution in [0.1, 0.15) is 26.3 Å². The summed E-state index contributed by atoms with van der Waals surface area (Å²) >= 11 is 0. The predicted molar refractivity (Wildman–Crippen MR) is 97.6 cm³/mol. The van der Waals surface area contributed by atoms with E-state index >= 15 is 0 Å². The van der Waals surface area contributed by atoms with Gasteiger partial charge in [-0.1, -0.05) is 24.3 Å². The van der Waals surface area contributed by atoms with Gasteiger partial charge in [-0.25, -0.2) is 0 Å². The lowest BCUT2D eigenvalue weighted by Crippen LogP contribution is -2.34. The molecule has 2 aromatic rings. The standard InChI is InChI=1S/C20H26N2O/c1-4-22(18-8-6-5-7-9-18)15(2)12-17-10-11-20-19(13-17)21-14-16(3)23-20/h5-11,13,15-16,21H,4,12,14H2,1-3H3. The van der Waals surface area contributed by atoms with Crippen LogP contribution in [0.4, 0.5) is 11.4 Å². The molecule has 1 N–H and O–H groups in total. The van der Waals surface area contributed by atoms with Crippen molar-refractivity contribution in [1.29, 1.82) is 0 Å². The number of benzene rings is 2. The highest BCUT2D eigenvalue weighted by Gasteiger charge is 2.17. The molecule has 1 heterocycles. The van der Waals surface area contributed by atoms with Gasteiger partial charge in [-0.05, 0) is 57.0 Å². The normalized spacial score (nSPS) is 17.6. The number of anilines is 2. The third-order valence-corrected chi connectivity index (χ3v) is 4.44. The van der Waals surface area contributed by atoms with E-state index in [-0.39, 0.29) is 6.10 Å². The van der Waals surface area contributed by atoms with Crippen molar-refractivity contribution in [2.45, 2.75) is 39.3 Å². The topological polar surface area (TPSA) is 24.5 Å². The minimum atomic E-state index is 0.237. The molecule has 0 amide bonds. The molecule has 3 nitrogen and oxygen atoms in total. The molecular weight excluding hydrogens is 284 g/mol. The first kappa shape index (κ1) is 15.7. The van der Waals surface area contributed by atoms with Crippen molar-refractivity contribution >= 4 is 11.4 Å². The van der Waals surface area contributed by atoms with Gasteiger partial charge in [0.15, 0.2) is 0 Å². The van der Waals surface area contributed by atoms with Crippen LogP contribution in [0.3, 0.4) is 0 Å². The highest BCUT2D eigenvalue weighted by Crippen LogP contribution is 2.30. The average molecular weight is 310 g/mol. The summed E-state index contributed by atoms with van der Waals surface area (Å²) in [5.74, 6) is 0.968. The van der Waals surface area contributed by atoms with Gasteiger partial charge < -0.3 is 15.0 Å². The predicted octanol–water partition coefficient (Wildman–Crippen LogP) is 4.34. The monoisotopic (exact) mass is 310 g/mol. The minimum Gasteiger partial charge on any atom is -0.487 e. The highest BCUT2D eigenvalue weighted by atomic mass is 16.5. The van der Waals surface area contributed by atoms with E-state index in [0.717, 1.165) is 30.9 Å². The van der Waals surface area contributed by atoms with Gasteiger partial charge in [0, 0.05) is 18.3 Å². The fraction of sp³-hybridized carbons (Fsp3) is 0.400. The first-order valence-corrected chi connectivity index (χ1v) is 8.52. The SMILES string of the molecule is CCN(c1ccccc1)C(C)Cc1ccc2c(c1)NCC(C)O2. The third-order valence-electron chi connectivity index (χ3n) is 4.44. The number of para-hydroxylation sites is 1. The molecule has 3 heteroatoms. The maximum absolute atomic E-state index is 5.86. The summed E-state index contributed by atoms with van der Waals surface area (Å²) in [6, 6.07) is 17.6. The number of nitrogens with zero attached hydrogens (tertiary/aromatic N) is 1. The molecule has 1 aliphatic rings. The van der Waals surface area contributed by atoms with Gasteiger partial charge in [0.25, 0.3) is 0 Å². The van der Waals surface area contributed by atoms with E-state index in [0.29, 0.717) is 6.04 Å². The Morgan fingerprint density at radius 2 is 2.00 bits per heavy atom. The first-order valence-electron chi connectivity index (χ1n) is 8.52. The summed E-state index contributed by atoms with van der Waals surface area (Å²) in [6.07, 6.45) is 1.26. The second kappa shape index (κ2) is 6.95. The van der Waals surface area contributed by atoms with E-state index in [9.17, 15) is 0 Å². The highest BCUT2D eigenvalue weighted by molar-refractivity contribution is 5.60.